The molecule has 0 aromatic heterocycles. The molecular weight excluding hydrogens is 449 g/mol. The second-order valence-corrected chi connectivity index (χ2v) is 7.61. The monoisotopic (exact) mass is 465 g/mol. The van der Waals surface area contributed by atoms with Gasteiger partial charge in [-0.15, -0.1) is 0 Å². The molecule has 0 aliphatic heterocycles. The van der Waals surface area contributed by atoms with Crippen LogP contribution in [0.3, 0.4) is 0 Å². The van der Waals surface area contributed by atoms with Crippen molar-refractivity contribution in [2.45, 2.75) is 13.2 Å². The third-order valence-corrected chi connectivity index (χ3v) is 5.28. The highest BCUT2D eigenvalue weighted by atomic mass is 35.5. The van der Waals surface area contributed by atoms with Crippen LogP contribution in [0.1, 0.15) is 21.5 Å². The van der Waals surface area contributed by atoms with E-state index >= 15 is 0 Å². The summed E-state index contributed by atoms with van der Waals surface area (Å²) in [5.41, 5.74) is 2.58. The van der Waals surface area contributed by atoms with Crippen LogP contribution in [0.25, 0.3) is 0 Å². The minimum atomic E-state index is -0.968. The molecule has 0 fully saturated rings. The molecule has 0 saturated carbocycles. The van der Waals surface area contributed by atoms with Crippen molar-refractivity contribution in [3.05, 3.63) is 86.4 Å². The Morgan fingerprint density at radius 1 is 0.933 bits per heavy atom. The van der Waals surface area contributed by atoms with E-state index in [1.807, 2.05) is 0 Å². The van der Waals surface area contributed by atoms with Gasteiger partial charge in [0.15, 0.2) is 11.5 Å². The van der Waals surface area contributed by atoms with Gasteiger partial charge in [0.25, 0.3) is 0 Å². The fourth-order valence-corrected chi connectivity index (χ4v) is 3.39. The Bertz CT molecular complexity index is 1050. The van der Waals surface area contributed by atoms with Crippen LogP contribution in [0, 0.1) is 0 Å². The quantitative estimate of drug-likeness (QED) is 0.394. The van der Waals surface area contributed by atoms with Crippen LogP contribution < -0.4 is 14.8 Å². The van der Waals surface area contributed by atoms with E-state index in [9.17, 15) is 4.79 Å². The van der Waals surface area contributed by atoms with Gasteiger partial charge in [-0.25, -0.2) is 4.79 Å². The predicted molar refractivity (Wildman–Crippen MR) is 120 cm³/mol. The molecule has 0 bridgehead atoms. The summed E-state index contributed by atoms with van der Waals surface area (Å²) in [6, 6.07) is 15.1. The molecule has 3 rings (SSSR count). The summed E-state index contributed by atoms with van der Waals surface area (Å²) in [6.45, 7) is 0.654. The molecule has 2 N–H and O–H groups in total. The molecule has 5 nitrogen and oxygen atoms in total. The van der Waals surface area contributed by atoms with E-state index in [0.29, 0.717) is 33.1 Å². The number of nitrogens with one attached hydrogen (secondary N) is 1. The number of anilines is 1. The van der Waals surface area contributed by atoms with E-state index in [4.69, 9.17) is 49.4 Å². The van der Waals surface area contributed by atoms with E-state index in [1.54, 1.807) is 49.6 Å². The molecule has 0 heterocycles. The lowest BCUT2D eigenvalue weighted by Crippen LogP contribution is -2.03. The number of halogens is 3. The summed E-state index contributed by atoms with van der Waals surface area (Å²) < 4.78 is 11.3. The summed E-state index contributed by atoms with van der Waals surface area (Å²) in [7, 11) is 1.55. The van der Waals surface area contributed by atoms with Crippen molar-refractivity contribution in [1.82, 2.24) is 0 Å². The molecule has 8 heteroatoms. The van der Waals surface area contributed by atoms with Crippen molar-refractivity contribution in [3.8, 4) is 11.5 Å². The standard InChI is InChI=1S/C22H18Cl3NO4/c1-29-20-8-15(11-26-17-6-3-13(4-7-17)22(27)28)19(25)10-21(20)30-12-14-2-5-16(23)9-18(14)24/h2-10,26H,11-12H2,1H3,(H,27,28). The number of methoxy groups -OCH3 is 1. The lowest BCUT2D eigenvalue weighted by Gasteiger charge is -2.15. The first-order chi connectivity index (χ1) is 14.4. The SMILES string of the molecule is COc1cc(CNc2ccc(C(=O)O)cc2)c(Cl)cc1OCc1ccc(Cl)cc1Cl. The third-order valence-electron chi connectivity index (χ3n) is 4.35. The van der Waals surface area contributed by atoms with Crippen molar-refractivity contribution < 1.29 is 19.4 Å². The van der Waals surface area contributed by atoms with Gasteiger partial charge in [-0.05, 0) is 48.0 Å². The smallest absolute Gasteiger partial charge is 0.335 e. The maximum Gasteiger partial charge on any atom is 0.335 e. The zero-order chi connectivity index (χ0) is 21.7. The van der Waals surface area contributed by atoms with Gasteiger partial charge in [-0.1, -0.05) is 40.9 Å². The van der Waals surface area contributed by atoms with E-state index in [0.717, 1.165) is 16.8 Å². The van der Waals surface area contributed by atoms with Gasteiger partial charge in [-0.3, -0.25) is 0 Å². The number of carboxylic acids is 1. The molecule has 0 aliphatic rings. The maximum absolute atomic E-state index is 10.9. The number of hydrogen-bond acceptors (Lipinski definition) is 4. The lowest BCUT2D eigenvalue weighted by molar-refractivity contribution is 0.0697. The highest BCUT2D eigenvalue weighted by molar-refractivity contribution is 6.35. The molecule has 156 valence electrons. The Kier molecular flexibility index (Phi) is 7.32. The number of carboxylic acid groups (broad SMARTS) is 1. The van der Waals surface area contributed by atoms with E-state index in [-0.39, 0.29) is 12.2 Å². The van der Waals surface area contributed by atoms with Crippen molar-refractivity contribution in [1.29, 1.82) is 0 Å². The Morgan fingerprint density at radius 3 is 2.27 bits per heavy atom. The molecule has 0 unspecified atom stereocenters. The summed E-state index contributed by atoms with van der Waals surface area (Å²) in [6.07, 6.45) is 0. The number of ether oxygens (including phenoxy) is 2. The first kappa shape index (κ1) is 22.1. The van der Waals surface area contributed by atoms with Crippen LogP contribution in [0.5, 0.6) is 11.5 Å². The molecule has 3 aromatic rings. The van der Waals surface area contributed by atoms with E-state index in [2.05, 4.69) is 5.32 Å². The fourth-order valence-electron chi connectivity index (χ4n) is 2.71. The summed E-state index contributed by atoms with van der Waals surface area (Å²) in [5.74, 6) is 0.0513. The molecule has 0 amide bonds. The second kappa shape index (κ2) is 9.94. The average molecular weight is 467 g/mol. The Labute approximate surface area is 189 Å². The molecule has 0 aliphatic carbocycles. The molecular formula is C22H18Cl3NO4. The van der Waals surface area contributed by atoms with Crippen molar-refractivity contribution in [3.63, 3.8) is 0 Å². The van der Waals surface area contributed by atoms with E-state index < -0.39 is 5.97 Å². The number of carbonyl (C=O) groups is 1. The van der Waals surface area contributed by atoms with E-state index in [1.165, 1.54) is 12.1 Å². The van der Waals surface area contributed by atoms with Crippen LogP contribution in [-0.2, 0) is 13.2 Å². The molecule has 30 heavy (non-hydrogen) atoms. The highest BCUT2D eigenvalue weighted by Crippen LogP contribution is 2.35. The summed E-state index contributed by atoms with van der Waals surface area (Å²) in [4.78, 5) is 10.9. The van der Waals surface area contributed by atoms with Crippen molar-refractivity contribution >= 4 is 46.5 Å². The number of aromatic carboxylic acids is 1. The minimum absolute atomic E-state index is 0.225. The number of rotatable bonds is 8. The molecule has 0 saturated heterocycles. The Balaban J connectivity index is 1.70. The first-order valence-electron chi connectivity index (χ1n) is 8.87. The fraction of sp³-hybridized carbons (Fsp3) is 0.136. The minimum Gasteiger partial charge on any atom is -0.493 e. The lowest BCUT2D eigenvalue weighted by atomic mass is 10.1. The number of benzene rings is 3. The van der Waals surface area contributed by atoms with Gasteiger partial charge >= 0.3 is 5.97 Å². The van der Waals surface area contributed by atoms with Gasteiger partial charge < -0.3 is 19.9 Å². The summed E-state index contributed by atoms with van der Waals surface area (Å²) >= 11 is 18.5. The van der Waals surface area contributed by atoms with Crippen molar-refractivity contribution in [2.75, 3.05) is 12.4 Å². The first-order valence-corrected chi connectivity index (χ1v) is 10.0. The highest BCUT2D eigenvalue weighted by Gasteiger charge is 2.12. The van der Waals surface area contributed by atoms with Gasteiger partial charge in [0.1, 0.15) is 6.61 Å². The van der Waals surface area contributed by atoms with Crippen LogP contribution in [0.2, 0.25) is 15.1 Å². The molecule has 3 aromatic carbocycles. The molecule has 0 atom stereocenters. The normalized spacial score (nSPS) is 10.5. The van der Waals surface area contributed by atoms with Gasteiger partial charge in [0, 0.05) is 38.9 Å². The zero-order valence-corrected chi connectivity index (χ0v) is 18.2. The van der Waals surface area contributed by atoms with Crippen LogP contribution in [-0.4, -0.2) is 18.2 Å². The van der Waals surface area contributed by atoms with Gasteiger partial charge in [-0.2, -0.15) is 0 Å². The Hall–Kier alpha value is -2.60. The largest absolute Gasteiger partial charge is 0.493 e. The zero-order valence-electron chi connectivity index (χ0n) is 15.9. The van der Waals surface area contributed by atoms with Crippen molar-refractivity contribution in [2.24, 2.45) is 0 Å². The molecule has 0 spiro atoms. The molecule has 0 radical (unpaired) electrons. The summed E-state index contributed by atoms with van der Waals surface area (Å²) in [5, 5.41) is 13.7. The van der Waals surface area contributed by atoms with Gasteiger partial charge in [0.2, 0.25) is 0 Å². The third kappa shape index (κ3) is 5.51. The number of hydrogen-bond donors (Lipinski definition) is 2. The van der Waals surface area contributed by atoms with Crippen LogP contribution in [0.15, 0.2) is 54.6 Å². The topological polar surface area (TPSA) is 67.8 Å². The Morgan fingerprint density at radius 2 is 1.63 bits per heavy atom. The maximum atomic E-state index is 10.9. The predicted octanol–water partition coefficient (Wildman–Crippen LogP) is 6.54. The second-order valence-electron chi connectivity index (χ2n) is 6.35. The van der Waals surface area contributed by atoms with Crippen LogP contribution >= 0.6 is 34.8 Å². The van der Waals surface area contributed by atoms with Crippen LogP contribution in [0.4, 0.5) is 5.69 Å². The van der Waals surface area contributed by atoms with Gasteiger partial charge in [0.05, 0.1) is 12.7 Å². The average Bonchev–Trinajstić information content (AvgIpc) is 2.72.